The Morgan fingerprint density at radius 3 is 3.05 bits per heavy atom. The lowest BCUT2D eigenvalue weighted by atomic mass is 10.3. The quantitative estimate of drug-likeness (QED) is 0.428. The standard InChI is InChI=1S/C12H14N4O2S2/c1-18-10-5-4-9-11(15-10)16-12(14-9)20(17)7-3-2-6-13-8-19/h4-5H,2-3,6-7H2,1H3,(H,14,15,16)/p+1. The van der Waals surface area contributed by atoms with Crippen molar-refractivity contribution in [1.82, 2.24) is 15.0 Å². The van der Waals surface area contributed by atoms with Crippen LogP contribution in [0.4, 0.5) is 0 Å². The minimum atomic E-state index is -1.15. The van der Waals surface area contributed by atoms with Crippen LogP contribution < -0.4 is 9.73 Å². The van der Waals surface area contributed by atoms with Crippen LogP contribution in [0.2, 0.25) is 0 Å². The van der Waals surface area contributed by atoms with Crippen molar-refractivity contribution in [2.45, 2.75) is 18.0 Å². The van der Waals surface area contributed by atoms with Gasteiger partial charge in [0.1, 0.15) is 0 Å². The molecule has 2 rings (SSSR count). The number of nitrogens with zero attached hydrogens (tertiary/aromatic N) is 2. The lowest BCUT2D eigenvalue weighted by Gasteiger charge is -1.95. The first-order chi connectivity index (χ1) is 9.74. The number of rotatable bonds is 7. The number of unbranched alkanes of at least 4 members (excludes halogenated alkanes) is 1. The number of hydrogen-bond acceptors (Lipinski definition) is 5. The molecule has 1 unspecified atom stereocenters. The lowest BCUT2D eigenvalue weighted by Crippen LogP contribution is -2.66. The first-order valence-electron chi connectivity index (χ1n) is 6.13. The van der Waals surface area contributed by atoms with E-state index >= 15 is 0 Å². The Labute approximate surface area is 124 Å². The first-order valence-corrected chi connectivity index (χ1v) is 7.86. The summed E-state index contributed by atoms with van der Waals surface area (Å²) in [5.41, 5.74) is 1.27. The smallest absolute Gasteiger partial charge is 0.247 e. The monoisotopic (exact) mass is 311 g/mol. The van der Waals surface area contributed by atoms with Crippen LogP contribution in [0.25, 0.3) is 11.2 Å². The van der Waals surface area contributed by atoms with Crippen LogP contribution in [0.1, 0.15) is 12.8 Å². The second kappa shape index (κ2) is 7.23. The number of thiocarbonyl (C=S) groups is 1. The zero-order chi connectivity index (χ0) is 14.4. The Kier molecular flexibility index (Phi) is 5.34. The Hall–Kier alpha value is -1.63. The number of nitrogens with one attached hydrogen (secondary N) is 2. The third-order valence-corrected chi connectivity index (χ3v) is 4.11. The van der Waals surface area contributed by atoms with Crippen molar-refractivity contribution in [2.75, 3.05) is 19.4 Å². The fourth-order valence-corrected chi connectivity index (χ4v) is 2.84. The van der Waals surface area contributed by atoms with Crippen molar-refractivity contribution in [3.05, 3.63) is 12.1 Å². The molecular weight excluding hydrogens is 296 g/mol. The summed E-state index contributed by atoms with van der Waals surface area (Å²) in [5, 5.41) is 2.89. The summed E-state index contributed by atoms with van der Waals surface area (Å²) < 4.78 is 17.1. The van der Waals surface area contributed by atoms with Crippen molar-refractivity contribution in [2.24, 2.45) is 0 Å². The van der Waals surface area contributed by atoms with Gasteiger partial charge in [-0.1, -0.05) is 0 Å². The average Bonchev–Trinajstić information content (AvgIpc) is 2.89. The van der Waals surface area contributed by atoms with Crippen molar-refractivity contribution < 1.29 is 13.9 Å². The van der Waals surface area contributed by atoms with Gasteiger partial charge in [0.15, 0.2) is 17.3 Å². The van der Waals surface area contributed by atoms with Crippen LogP contribution in [0.3, 0.4) is 0 Å². The van der Waals surface area contributed by atoms with E-state index in [4.69, 9.17) is 4.74 Å². The SMILES string of the molecule is COc1ccc2[nH]c(S(=O)CCCC[NH+]=C=S)nc2n1. The van der Waals surface area contributed by atoms with Gasteiger partial charge >= 0.3 is 0 Å². The van der Waals surface area contributed by atoms with Crippen molar-refractivity contribution in [1.29, 1.82) is 0 Å². The summed E-state index contributed by atoms with van der Waals surface area (Å²) in [6.45, 7) is 0.750. The molecule has 0 saturated heterocycles. The maximum Gasteiger partial charge on any atom is 0.247 e. The average molecular weight is 311 g/mol. The minimum Gasteiger partial charge on any atom is -0.481 e. The highest BCUT2D eigenvalue weighted by molar-refractivity contribution is 7.84. The number of methoxy groups -OCH3 is 1. The van der Waals surface area contributed by atoms with E-state index in [0.717, 1.165) is 24.9 Å². The molecule has 0 fully saturated rings. The summed E-state index contributed by atoms with van der Waals surface area (Å²) in [4.78, 5) is 14.3. The van der Waals surface area contributed by atoms with E-state index in [0.29, 0.717) is 22.4 Å². The molecule has 2 aromatic rings. The van der Waals surface area contributed by atoms with Gasteiger partial charge in [-0.2, -0.15) is 9.98 Å². The molecule has 0 aliphatic heterocycles. The van der Waals surface area contributed by atoms with Crippen LogP contribution in [0.15, 0.2) is 17.3 Å². The highest BCUT2D eigenvalue weighted by Gasteiger charge is 2.11. The molecule has 0 aliphatic carbocycles. The van der Waals surface area contributed by atoms with Crippen LogP contribution in [0.5, 0.6) is 5.88 Å². The van der Waals surface area contributed by atoms with Gasteiger partial charge < -0.3 is 9.72 Å². The number of ether oxygens (including phenoxy) is 1. The predicted octanol–water partition coefficient (Wildman–Crippen LogP) is 0.0377. The number of H-pyrrole nitrogens is 1. The predicted molar refractivity (Wildman–Crippen MR) is 79.4 cm³/mol. The van der Waals surface area contributed by atoms with Crippen LogP contribution in [0, 0.1) is 0 Å². The molecule has 0 aliphatic rings. The summed E-state index contributed by atoms with van der Waals surface area (Å²) in [6, 6.07) is 3.55. The lowest BCUT2D eigenvalue weighted by molar-refractivity contribution is -0.448. The molecule has 0 amide bonds. The van der Waals surface area contributed by atoms with Crippen LogP contribution >= 0.6 is 12.2 Å². The number of imidazole rings is 1. The number of aromatic amines is 1. The number of hydrogen-bond donors (Lipinski definition) is 2. The summed E-state index contributed by atoms with van der Waals surface area (Å²) in [6.07, 6.45) is 1.71. The third-order valence-electron chi connectivity index (χ3n) is 2.68. The van der Waals surface area contributed by atoms with Gasteiger partial charge in [-0.15, -0.1) is 0 Å². The second-order valence-corrected chi connectivity index (χ2v) is 5.74. The summed E-state index contributed by atoms with van der Waals surface area (Å²) in [7, 11) is 0.395. The van der Waals surface area contributed by atoms with Crippen LogP contribution in [-0.2, 0) is 10.8 Å². The van der Waals surface area contributed by atoms with Crippen LogP contribution in [-0.4, -0.2) is 43.7 Å². The summed E-state index contributed by atoms with van der Waals surface area (Å²) >= 11 is 4.53. The van der Waals surface area contributed by atoms with E-state index in [9.17, 15) is 4.21 Å². The molecule has 106 valence electrons. The van der Waals surface area contributed by atoms with Gasteiger partial charge in [-0.25, -0.2) is 4.98 Å². The molecule has 2 aromatic heterocycles. The van der Waals surface area contributed by atoms with Crippen molar-refractivity contribution >= 4 is 39.3 Å². The van der Waals surface area contributed by atoms with Gasteiger partial charge in [0.25, 0.3) is 0 Å². The van der Waals surface area contributed by atoms with Gasteiger partial charge in [0, 0.05) is 30.5 Å². The van der Waals surface area contributed by atoms with Gasteiger partial charge in [-0.3, -0.25) is 4.21 Å². The molecule has 0 saturated carbocycles. The largest absolute Gasteiger partial charge is 0.481 e. The molecule has 6 nitrogen and oxygen atoms in total. The first kappa shape index (κ1) is 14.8. The Morgan fingerprint density at radius 1 is 1.45 bits per heavy atom. The molecule has 0 aromatic carbocycles. The highest BCUT2D eigenvalue weighted by Crippen LogP contribution is 2.16. The van der Waals surface area contributed by atoms with Crippen molar-refractivity contribution in [3.8, 4) is 5.88 Å². The molecule has 8 heteroatoms. The van der Waals surface area contributed by atoms with Gasteiger partial charge in [0.05, 0.1) is 23.4 Å². The Morgan fingerprint density at radius 2 is 2.30 bits per heavy atom. The number of pyridine rings is 1. The van der Waals surface area contributed by atoms with Gasteiger partial charge in [-0.05, 0) is 12.5 Å². The van der Waals surface area contributed by atoms with E-state index in [1.54, 1.807) is 13.2 Å². The highest BCUT2D eigenvalue weighted by atomic mass is 32.2. The Bertz CT molecular complexity index is 665. The maximum absolute atomic E-state index is 12.1. The summed E-state index contributed by atoms with van der Waals surface area (Å²) in [5.74, 6) is 1.04. The zero-order valence-corrected chi connectivity index (χ0v) is 12.6. The van der Waals surface area contributed by atoms with Gasteiger partial charge in [0.2, 0.25) is 11.0 Å². The molecule has 0 bridgehead atoms. The fraction of sp³-hybridized carbons (Fsp3) is 0.417. The topological polar surface area (TPSA) is 81.8 Å². The fourth-order valence-electron chi connectivity index (χ4n) is 1.67. The molecular formula is C12H15N4O2S2+. The normalized spacial score (nSPS) is 12.1. The molecule has 20 heavy (non-hydrogen) atoms. The van der Waals surface area contributed by atoms with E-state index in [1.807, 2.05) is 6.07 Å². The van der Waals surface area contributed by atoms with E-state index in [1.165, 1.54) is 0 Å². The molecule has 0 spiro atoms. The van der Waals surface area contributed by atoms with E-state index < -0.39 is 10.8 Å². The number of aromatic nitrogens is 3. The number of isothiocyanates is 1. The third kappa shape index (κ3) is 3.69. The Balaban J connectivity index is 2.01. The number of fused-ring (bicyclic) bond motifs is 1. The zero-order valence-electron chi connectivity index (χ0n) is 11.0. The van der Waals surface area contributed by atoms with Crippen molar-refractivity contribution in [3.63, 3.8) is 0 Å². The molecule has 2 N–H and O–H groups in total. The van der Waals surface area contributed by atoms with E-state index in [-0.39, 0.29) is 0 Å². The second-order valence-electron chi connectivity index (χ2n) is 4.05. The maximum atomic E-state index is 12.1. The molecule has 0 radical (unpaired) electrons. The molecule has 2 heterocycles. The molecule has 1 atom stereocenters. The van der Waals surface area contributed by atoms with E-state index in [2.05, 4.69) is 37.3 Å². The minimum absolute atomic E-state index is 0.454.